The molecule has 1 fully saturated rings. The van der Waals surface area contributed by atoms with Crippen molar-refractivity contribution in [1.82, 2.24) is 5.32 Å². The molecule has 0 spiro atoms. The van der Waals surface area contributed by atoms with Gasteiger partial charge in [0.25, 0.3) is 11.8 Å². The highest BCUT2D eigenvalue weighted by Crippen LogP contribution is 2.36. The van der Waals surface area contributed by atoms with E-state index in [2.05, 4.69) is 5.32 Å². The molecule has 4 amide bonds. The highest BCUT2D eigenvalue weighted by molar-refractivity contribution is 6.42. The fourth-order valence-electron chi connectivity index (χ4n) is 2.62. The molecule has 2 N–H and O–H groups in total. The van der Waals surface area contributed by atoms with E-state index in [1.807, 2.05) is 0 Å². The molecule has 0 atom stereocenters. The van der Waals surface area contributed by atoms with E-state index in [1.165, 1.54) is 30.3 Å². The number of phenols is 1. The number of para-hydroxylation sites is 1. The van der Waals surface area contributed by atoms with Gasteiger partial charge in [0.1, 0.15) is 5.57 Å². The second-order valence-corrected chi connectivity index (χ2v) is 6.51. The van der Waals surface area contributed by atoms with Crippen molar-refractivity contribution in [2.24, 2.45) is 0 Å². The number of carbonyl (C=O) groups excluding carboxylic acids is 3. The first-order valence-corrected chi connectivity index (χ1v) is 8.90. The third kappa shape index (κ3) is 3.67. The number of urea groups is 1. The largest absolute Gasteiger partial charge is 0.503 e. The molecule has 2 aromatic rings. The van der Waals surface area contributed by atoms with Crippen LogP contribution in [-0.4, -0.2) is 29.6 Å². The Labute approximate surface area is 170 Å². The maximum Gasteiger partial charge on any atom is 0.335 e. The number of rotatable bonds is 4. The number of carbonyl (C=O) groups is 3. The van der Waals surface area contributed by atoms with Crippen molar-refractivity contribution in [2.75, 3.05) is 11.5 Å². The Hall–Kier alpha value is -3.03. The normalized spacial score (nSPS) is 15.8. The lowest BCUT2D eigenvalue weighted by molar-refractivity contribution is -0.122. The lowest BCUT2D eigenvalue weighted by Gasteiger charge is -2.27. The van der Waals surface area contributed by atoms with Crippen molar-refractivity contribution in [3.8, 4) is 11.5 Å². The molecule has 28 heavy (non-hydrogen) atoms. The van der Waals surface area contributed by atoms with Crippen LogP contribution in [0.3, 0.4) is 0 Å². The summed E-state index contributed by atoms with van der Waals surface area (Å²) in [4.78, 5) is 38.1. The number of hydrogen-bond donors (Lipinski definition) is 2. The average molecular weight is 421 g/mol. The lowest BCUT2D eigenvalue weighted by Crippen LogP contribution is -2.54. The van der Waals surface area contributed by atoms with Gasteiger partial charge in [0.15, 0.2) is 11.5 Å². The van der Waals surface area contributed by atoms with Crippen LogP contribution in [0, 0.1) is 0 Å². The molecule has 2 aromatic carbocycles. The number of halogens is 2. The number of amides is 4. The molecule has 1 aliphatic rings. The van der Waals surface area contributed by atoms with Gasteiger partial charge in [-0.1, -0.05) is 35.3 Å². The smallest absolute Gasteiger partial charge is 0.335 e. The van der Waals surface area contributed by atoms with Gasteiger partial charge in [-0.05, 0) is 42.8 Å². The summed E-state index contributed by atoms with van der Waals surface area (Å²) in [5.41, 5.74) is 0.172. The molecule has 0 saturated carbocycles. The number of aromatic hydroxyl groups is 1. The number of barbiturate groups is 1. The Morgan fingerprint density at radius 2 is 1.86 bits per heavy atom. The van der Waals surface area contributed by atoms with Gasteiger partial charge >= 0.3 is 6.03 Å². The summed E-state index contributed by atoms with van der Waals surface area (Å²) in [6.45, 7) is 2.00. The van der Waals surface area contributed by atoms with E-state index >= 15 is 0 Å². The predicted molar refractivity (Wildman–Crippen MR) is 105 cm³/mol. The summed E-state index contributed by atoms with van der Waals surface area (Å²) in [5.74, 6) is -1.85. The Balaban J connectivity index is 2.06. The molecule has 0 bridgehead atoms. The molecule has 3 rings (SSSR count). The Morgan fingerprint density at radius 1 is 1.14 bits per heavy atom. The maximum atomic E-state index is 12.9. The van der Waals surface area contributed by atoms with Gasteiger partial charge < -0.3 is 9.84 Å². The minimum absolute atomic E-state index is 0.0134. The molecule has 0 unspecified atom stereocenters. The fraction of sp³-hybridized carbons (Fsp3) is 0.105. The van der Waals surface area contributed by atoms with E-state index in [0.29, 0.717) is 5.56 Å². The number of nitrogens with one attached hydrogen (secondary N) is 1. The molecular weight excluding hydrogens is 407 g/mol. The third-order valence-corrected chi connectivity index (χ3v) is 4.46. The van der Waals surface area contributed by atoms with Crippen LogP contribution in [0.4, 0.5) is 10.5 Å². The molecule has 1 aliphatic heterocycles. The third-order valence-electron chi connectivity index (χ3n) is 3.86. The summed E-state index contributed by atoms with van der Waals surface area (Å²) >= 11 is 12.1. The van der Waals surface area contributed by atoms with Crippen molar-refractivity contribution in [3.05, 3.63) is 57.6 Å². The van der Waals surface area contributed by atoms with Crippen molar-refractivity contribution in [1.29, 1.82) is 0 Å². The summed E-state index contributed by atoms with van der Waals surface area (Å²) in [7, 11) is 0. The first-order chi connectivity index (χ1) is 13.3. The first-order valence-electron chi connectivity index (χ1n) is 8.14. The van der Waals surface area contributed by atoms with Gasteiger partial charge in [0.2, 0.25) is 0 Å². The van der Waals surface area contributed by atoms with Crippen LogP contribution in [0.2, 0.25) is 10.0 Å². The van der Waals surface area contributed by atoms with Crippen LogP contribution in [0.25, 0.3) is 6.08 Å². The summed E-state index contributed by atoms with van der Waals surface area (Å²) < 4.78 is 5.29. The number of hydrogen-bond acceptors (Lipinski definition) is 5. The standard InChI is InChI=1S/C19H14Cl2N2O5/c1-2-28-15-9-10(8-13(21)16(15)24)7-11-17(25)22-19(27)23(18(11)26)14-6-4-3-5-12(14)20/h3-9,24H,2H2,1H3,(H,22,25,27). The van der Waals surface area contributed by atoms with Gasteiger partial charge in [0.05, 0.1) is 22.3 Å². The number of nitrogens with zero attached hydrogens (tertiary/aromatic N) is 1. The Bertz CT molecular complexity index is 1020. The van der Waals surface area contributed by atoms with Crippen LogP contribution >= 0.6 is 23.2 Å². The van der Waals surface area contributed by atoms with E-state index in [1.54, 1.807) is 19.1 Å². The summed E-state index contributed by atoms with van der Waals surface area (Å²) in [5, 5.41) is 12.2. The molecule has 7 nitrogen and oxygen atoms in total. The second kappa shape index (κ2) is 7.92. The number of imide groups is 2. The molecule has 144 valence electrons. The molecule has 0 radical (unpaired) electrons. The van der Waals surface area contributed by atoms with E-state index < -0.39 is 17.8 Å². The second-order valence-electron chi connectivity index (χ2n) is 5.69. The van der Waals surface area contributed by atoms with E-state index in [4.69, 9.17) is 27.9 Å². The molecule has 9 heteroatoms. The van der Waals surface area contributed by atoms with Gasteiger partial charge in [-0.25, -0.2) is 9.69 Å². The number of benzene rings is 2. The number of anilines is 1. The SMILES string of the molecule is CCOc1cc(C=C2C(=O)NC(=O)N(c3ccccc3Cl)C2=O)cc(Cl)c1O. The van der Waals surface area contributed by atoms with Crippen LogP contribution in [0.15, 0.2) is 42.0 Å². The van der Waals surface area contributed by atoms with Gasteiger partial charge in [0, 0.05) is 0 Å². The molecule has 0 aromatic heterocycles. The fourth-order valence-corrected chi connectivity index (χ4v) is 3.06. The van der Waals surface area contributed by atoms with Crippen LogP contribution in [0.5, 0.6) is 11.5 Å². The highest BCUT2D eigenvalue weighted by Gasteiger charge is 2.37. The van der Waals surface area contributed by atoms with Crippen LogP contribution in [0.1, 0.15) is 12.5 Å². The van der Waals surface area contributed by atoms with E-state index in [9.17, 15) is 19.5 Å². The topological polar surface area (TPSA) is 95.9 Å². The minimum atomic E-state index is -0.904. The Morgan fingerprint density at radius 3 is 2.54 bits per heavy atom. The van der Waals surface area contributed by atoms with Crippen LogP contribution < -0.4 is 15.0 Å². The number of phenolic OH excluding ortho intramolecular Hbond substituents is 1. The predicted octanol–water partition coefficient (Wildman–Crippen LogP) is 3.76. The summed E-state index contributed by atoms with van der Waals surface area (Å²) in [6.07, 6.45) is 1.25. The maximum absolute atomic E-state index is 12.9. The average Bonchev–Trinajstić information content (AvgIpc) is 2.64. The first kappa shape index (κ1) is 19.7. The molecule has 1 saturated heterocycles. The van der Waals surface area contributed by atoms with E-state index in [0.717, 1.165) is 4.90 Å². The monoisotopic (exact) mass is 420 g/mol. The van der Waals surface area contributed by atoms with Crippen molar-refractivity contribution in [2.45, 2.75) is 6.92 Å². The number of ether oxygens (including phenoxy) is 1. The summed E-state index contributed by atoms with van der Waals surface area (Å²) in [6, 6.07) is 8.14. The van der Waals surface area contributed by atoms with Crippen molar-refractivity contribution < 1.29 is 24.2 Å². The molecular formula is C19H14Cl2N2O5. The Kier molecular flexibility index (Phi) is 5.58. The lowest BCUT2D eigenvalue weighted by atomic mass is 10.1. The van der Waals surface area contributed by atoms with Gasteiger partial charge in [-0.2, -0.15) is 0 Å². The zero-order valence-corrected chi connectivity index (χ0v) is 16.0. The minimum Gasteiger partial charge on any atom is -0.503 e. The highest BCUT2D eigenvalue weighted by atomic mass is 35.5. The molecule has 0 aliphatic carbocycles. The van der Waals surface area contributed by atoms with Crippen molar-refractivity contribution >= 4 is 52.8 Å². The van der Waals surface area contributed by atoms with Crippen LogP contribution in [-0.2, 0) is 9.59 Å². The van der Waals surface area contributed by atoms with Gasteiger partial charge in [-0.15, -0.1) is 0 Å². The van der Waals surface area contributed by atoms with Gasteiger partial charge in [-0.3, -0.25) is 14.9 Å². The molecule has 1 heterocycles. The zero-order chi connectivity index (χ0) is 20.4. The van der Waals surface area contributed by atoms with E-state index in [-0.39, 0.29) is 39.4 Å². The quantitative estimate of drug-likeness (QED) is 0.579. The zero-order valence-electron chi connectivity index (χ0n) is 14.5. The van der Waals surface area contributed by atoms with Crippen molar-refractivity contribution in [3.63, 3.8) is 0 Å².